The fourth-order valence-corrected chi connectivity index (χ4v) is 1.22. The molecule has 0 aliphatic carbocycles. The number of aromatic nitrogens is 1. The highest BCUT2D eigenvalue weighted by Crippen LogP contribution is 2.07. The summed E-state index contributed by atoms with van der Waals surface area (Å²) in [5.41, 5.74) is 0.491. The molecule has 3 N–H and O–H groups in total. The van der Waals surface area contributed by atoms with Crippen molar-refractivity contribution in [2.45, 2.75) is 6.04 Å². The van der Waals surface area contributed by atoms with Crippen molar-refractivity contribution in [1.82, 2.24) is 9.88 Å². The van der Waals surface area contributed by atoms with Crippen molar-refractivity contribution >= 4 is 11.7 Å². The molecular formula is C11H17N3O3. The normalized spacial score (nSPS) is 10.4. The lowest BCUT2D eigenvalue weighted by molar-refractivity contribution is 0.0827. The Balaban J connectivity index is 2.71. The van der Waals surface area contributed by atoms with Crippen LogP contribution >= 0.6 is 0 Å². The fraction of sp³-hybridized carbons (Fsp3) is 0.455. The first kappa shape index (κ1) is 13.4. The lowest BCUT2D eigenvalue weighted by Crippen LogP contribution is -2.28. The Hall–Kier alpha value is -1.66. The van der Waals surface area contributed by atoms with Gasteiger partial charge in [-0.25, -0.2) is 4.98 Å². The first-order valence-electron chi connectivity index (χ1n) is 5.24. The molecule has 0 atom stereocenters. The third-order valence-corrected chi connectivity index (χ3v) is 2.21. The number of rotatable bonds is 5. The second kappa shape index (κ2) is 6.17. The van der Waals surface area contributed by atoms with Gasteiger partial charge in [0, 0.05) is 20.3 Å². The second-order valence-electron chi connectivity index (χ2n) is 3.84. The molecule has 0 unspecified atom stereocenters. The van der Waals surface area contributed by atoms with Gasteiger partial charge in [0.15, 0.2) is 0 Å². The molecule has 1 heterocycles. The van der Waals surface area contributed by atoms with Crippen molar-refractivity contribution in [2.75, 3.05) is 32.6 Å². The summed E-state index contributed by atoms with van der Waals surface area (Å²) in [6, 6.07) is 2.83. The molecule has 1 amide bonds. The van der Waals surface area contributed by atoms with Gasteiger partial charge >= 0.3 is 0 Å². The summed E-state index contributed by atoms with van der Waals surface area (Å²) in [5, 5.41) is 20.6. The molecule has 0 aromatic carbocycles. The minimum absolute atomic E-state index is 0.120. The Morgan fingerprint density at radius 3 is 2.47 bits per heavy atom. The van der Waals surface area contributed by atoms with E-state index in [0.717, 1.165) is 0 Å². The number of carbonyl (C=O) groups is 1. The van der Waals surface area contributed by atoms with Crippen LogP contribution in [0.2, 0.25) is 0 Å². The first-order chi connectivity index (χ1) is 8.08. The zero-order valence-corrected chi connectivity index (χ0v) is 9.92. The van der Waals surface area contributed by atoms with Crippen LogP contribution in [0, 0.1) is 0 Å². The van der Waals surface area contributed by atoms with Gasteiger partial charge in [0.05, 0.1) is 24.8 Å². The number of nitrogens with zero attached hydrogens (tertiary/aromatic N) is 2. The number of hydrogen-bond donors (Lipinski definition) is 3. The molecule has 0 bridgehead atoms. The second-order valence-corrected chi connectivity index (χ2v) is 3.84. The van der Waals surface area contributed by atoms with Gasteiger partial charge in [-0.1, -0.05) is 0 Å². The predicted octanol–water partition coefficient (Wildman–Crippen LogP) is -0.452. The fourth-order valence-electron chi connectivity index (χ4n) is 1.22. The highest BCUT2D eigenvalue weighted by Gasteiger charge is 2.09. The smallest absolute Gasteiger partial charge is 0.254 e. The SMILES string of the molecule is CN(C)C(=O)c1ccc(NC(CO)CO)nc1. The van der Waals surface area contributed by atoms with E-state index in [1.807, 2.05) is 0 Å². The largest absolute Gasteiger partial charge is 0.394 e. The molecule has 0 spiro atoms. The molecule has 17 heavy (non-hydrogen) atoms. The van der Waals surface area contributed by atoms with Crippen molar-refractivity contribution in [3.05, 3.63) is 23.9 Å². The van der Waals surface area contributed by atoms with Crippen LogP contribution in [0.4, 0.5) is 5.82 Å². The zero-order chi connectivity index (χ0) is 12.8. The zero-order valence-electron chi connectivity index (χ0n) is 9.92. The summed E-state index contributed by atoms with van der Waals surface area (Å²) in [7, 11) is 3.34. The van der Waals surface area contributed by atoms with E-state index >= 15 is 0 Å². The summed E-state index contributed by atoms with van der Waals surface area (Å²) in [5.74, 6) is 0.387. The van der Waals surface area contributed by atoms with Gasteiger partial charge in [0.2, 0.25) is 0 Å². The van der Waals surface area contributed by atoms with E-state index in [1.54, 1.807) is 26.2 Å². The summed E-state index contributed by atoms with van der Waals surface area (Å²) < 4.78 is 0. The maximum atomic E-state index is 11.6. The van der Waals surface area contributed by atoms with Crippen LogP contribution in [0.1, 0.15) is 10.4 Å². The van der Waals surface area contributed by atoms with E-state index in [4.69, 9.17) is 10.2 Å². The van der Waals surface area contributed by atoms with Gasteiger partial charge < -0.3 is 20.4 Å². The Labute approximate surface area is 99.9 Å². The lowest BCUT2D eigenvalue weighted by Gasteiger charge is -2.14. The van der Waals surface area contributed by atoms with E-state index in [-0.39, 0.29) is 19.1 Å². The number of nitrogens with one attached hydrogen (secondary N) is 1. The molecule has 0 aliphatic rings. The Morgan fingerprint density at radius 2 is 2.06 bits per heavy atom. The van der Waals surface area contributed by atoms with Crippen LogP contribution in [0.5, 0.6) is 0 Å². The van der Waals surface area contributed by atoms with E-state index in [9.17, 15) is 4.79 Å². The first-order valence-corrected chi connectivity index (χ1v) is 5.24. The van der Waals surface area contributed by atoms with Crippen molar-refractivity contribution < 1.29 is 15.0 Å². The topological polar surface area (TPSA) is 85.7 Å². The number of pyridine rings is 1. The molecular weight excluding hydrogens is 222 g/mol. The third kappa shape index (κ3) is 3.69. The van der Waals surface area contributed by atoms with Crippen LogP contribution in [-0.2, 0) is 0 Å². The standard InChI is InChI=1S/C11H17N3O3/c1-14(2)11(17)8-3-4-10(12-5-8)13-9(6-15)7-16/h3-5,9,15-16H,6-7H2,1-2H3,(H,12,13). The molecule has 6 heteroatoms. The van der Waals surface area contributed by atoms with Gasteiger partial charge in [-0.15, -0.1) is 0 Å². The van der Waals surface area contributed by atoms with Crippen LogP contribution in [0.15, 0.2) is 18.3 Å². The summed E-state index contributed by atoms with van der Waals surface area (Å²) in [4.78, 5) is 17.1. The summed E-state index contributed by atoms with van der Waals surface area (Å²) in [6.45, 7) is -0.368. The van der Waals surface area contributed by atoms with Gasteiger partial charge in [0.1, 0.15) is 5.82 Å². The maximum Gasteiger partial charge on any atom is 0.254 e. The van der Waals surface area contributed by atoms with E-state index in [1.165, 1.54) is 11.1 Å². The van der Waals surface area contributed by atoms with Gasteiger partial charge in [-0.05, 0) is 12.1 Å². The van der Waals surface area contributed by atoms with Crippen molar-refractivity contribution in [3.8, 4) is 0 Å². The highest BCUT2D eigenvalue weighted by molar-refractivity contribution is 5.93. The Bertz CT molecular complexity index is 361. The number of amides is 1. The number of anilines is 1. The molecule has 1 rings (SSSR count). The molecule has 0 saturated carbocycles. The summed E-state index contributed by atoms with van der Waals surface area (Å²) >= 11 is 0. The van der Waals surface area contributed by atoms with E-state index in [0.29, 0.717) is 11.4 Å². The van der Waals surface area contributed by atoms with Gasteiger partial charge in [0.25, 0.3) is 5.91 Å². The predicted molar refractivity (Wildman–Crippen MR) is 63.8 cm³/mol. The van der Waals surface area contributed by atoms with Crippen molar-refractivity contribution in [2.24, 2.45) is 0 Å². The van der Waals surface area contributed by atoms with E-state index < -0.39 is 6.04 Å². The number of hydrogen-bond acceptors (Lipinski definition) is 5. The Morgan fingerprint density at radius 1 is 1.41 bits per heavy atom. The number of carbonyl (C=O) groups excluding carboxylic acids is 1. The van der Waals surface area contributed by atoms with E-state index in [2.05, 4.69) is 10.3 Å². The minimum atomic E-state index is -0.446. The van der Waals surface area contributed by atoms with Gasteiger partial charge in [-0.2, -0.15) is 0 Å². The molecule has 1 aromatic rings. The van der Waals surface area contributed by atoms with Crippen LogP contribution in [-0.4, -0.2) is 59.4 Å². The molecule has 94 valence electrons. The van der Waals surface area contributed by atoms with Crippen LogP contribution in [0.25, 0.3) is 0 Å². The summed E-state index contributed by atoms with van der Waals surface area (Å²) in [6.07, 6.45) is 1.45. The van der Waals surface area contributed by atoms with Crippen LogP contribution < -0.4 is 5.32 Å². The average Bonchev–Trinajstić information content (AvgIpc) is 2.35. The monoisotopic (exact) mass is 239 g/mol. The molecule has 0 aliphatic heterocycles. The molecule has 1 aromatic heterocycles. The molecule has 0 fully saturated rings. The van der Waals surface area contributed by atoms with Crippen molar-refractivity contribution in [1.29, 1.82) is 0 Å². The average molecular weight is 239 g/mol. The van der Waals surface area contributed by atoms with Gasteiger partial charge in [-0.3, -0.25) is 4.79 Å². The Kier molecular flexibility index (Phi) is 4.86. The molecule has 0 saturated heterocycles. The number of aliphatic hydroxyl groups excluding tert-OH is 2. The quantitative estimate of drug-likeness (QED) is 0.648. The highest BCUT2D eigenvalue weighted by atomic mass is 16.3. The third-order valence-electron chi connectivity index (χ3n) is 2.21. The lowest BCUT2D eigenvalue weighted by atomic mass is 10.2. The number of aliphatic hydroxyl groups is 2. The maximum absolute atomic E-state index is 11.6. The minimum Gasteiger partial charge on any atom is -0.394 e. The van der Waals surface area contributed by atoms with Crippen LogP contribution in [0.3, 0.4) is 0 Å². The van der Waals surface area contributed by atoms with Crippen molar-refractivity contribution in [3.63, 3.8) is 0 Å². The molecule has 0 radical (unpaired) electrons. The molecule has 6 nitrogen and oxygen atoms in total.